The van der Waals surface area contributed by atoms with E-state index in [0.29, 0.717) is 4.99 Å². The first-order valence-electron chi connectivity index (χ1n) is 6.40. The van der Waals surface area contributed by atoms with Crippen LogP contribution in [0.5, 0.6) is 0 Å². The van der Waals surface area contributed by atoms with Crippen molar-refractivity contribution in [3.63, 3.8) is 0 Å². The van der Waals surface area contributed by atoms with Crippen molar-refractivity contribution >= 4 is 22.9 Å². The molecule has 0 saturated heterocycles. The third-order valence-electron chi connectivity index (χ3n) is 3.22. The summed E-state index contributed by atoms with van der Waals surface area (Å²) >= 11 is 4.94. The number of aliphatic hydroxyl groups excluding tert-OH is 1. The van der Waals surface area contributed by atoms with Crippen molar-refractivity contribution in [2.45, 2.75) is 13.2 Å². The summed E-state index contributed by atoms with van der Waals surface area (Å²) < 4.78 is 0. The van der Waals surface area contributed by atoms with Gasteiger partial charge in [-0.3, -0.25) is 0 Å². The molecular formula is C16H18N2OS. The van der Waals surface area contributed by atoms with E-state index < -0.39 is 0 Å². The Morgan fingerprint density at radius 3 is 2.10 bits per heavy atom. The van der Waals surface area contributed by atoms with Crippen LogP contribution in [0.25, 0.3) is 0 Å². The second kappa shape index (κ2) is 6.50. The molecule has 0 aliphatic heterocycles. The summed E-state index contributed by atoms with van der Waals surface area (Å²) in [5.41, 5.74) is 9.70. The van der Waals surface area contributed by atoms with Crippen molar-refractivity contribution in [1.82, 2.24) is 0 Å². The molecule has 3 nitrogen and oxygen atoms in total. The summed E-state index contributed by atoms with van der Waals surface area (Å²) in [5.74, 6) is 0. The Kier molecular flexibility index (Phi) is 4.71. The van der Waals surface area contributed by atoms with Gasteiger partial charge in [0.15, 0.2) is 0 Å². The lowest BCUT2D eigenvalue weighted by molar-refractivity contribution is 0.282. The molecular weight excluding hydrogens is 268 g/mol. The van der Waals surface area contributed by atoms with Crippen LogP contribution in [-0.4, -0.2) is 17.1 Å². The molecule has 0 aliphatic rings. The Morgan fingerprint density at radius 2 is 1.60 bits per heavy atom. The Balaban J connectivity index is 2.06. The maximum absolute atomic E-state index is 9.03. The monoisotopic (exact) mass is 286 g/mol. The van der Waals surface area contributed by atoms with Gasteiger partial charge >= 0.3 is 0 Å². The fourth-order valence-electron chi connectivity index (χ4n) is 2.00. The largest absolute Gasteiger partial charge is 0.392 e. The normalized spacial score (nSPS) is 10.3. The van der Waals surface area contributed by atoms with Crippen molar-refractivity contribution in [3.8, 4) is 0 Å². The Bertz CT molecular complexity index is 578. The van der Waals surface area contributed by atoms with Crippen LogP contribution >= 0.6 is 12.2 Å². The van der Waals surface area contributed by atoms with Gasteiger partial charge in [-0.25, -0.2) is 0 Å². The Labute approximate surface area is 124 Å². The second-order valence-corrected chi connectivity index (χ2v) is 5.18. The zero-order valence-electron chi connectivity index (χ0n) is 11.4. The molecule has 0 fully saturated rings. The number of rotatable bonds is 5. The topological polar surface area (TPSA) is 49.5 Å². The first-order chi connectivity index (χ1) is 9.60. The highest BCUT2D eigenvalue weighted by Crippen LogP contribution is 2.17. The second-order valence-electron chi connectivity index (χ2n) is 4.74. The number of nitrogens with two attached hydrogens (primary N) is 1. The Morgan fingerprint density at radius 1 is 1.05 bits per heavy atom. The third-order valence-corrected chi connectivity index (χ3v) is 3.45. The van der Waals surface area contributed by atoms with Gasteiger partial charge in [-0.1, -0.05) is 36.5 Å². The number of hydrogen-bond acceptors (Lipinski definition) is 3. The summed E-state index contributed by atoms with van der Waals surface area (Å²) in [6.45, 7) is 0.884. The van der Waals surface area contributed by atoms with E-state index in [1.54, 1.807) is 0 Å². The standard InChI is InChI=1S/C16H18N2OS/c1-18(10-12-2-4-13(11-19)5-3-12)15-8-6-14(7-9-15)16(17)20/h2-9,19H,10-11H2,1H3,(H2,17,20). The van der Waals surface area contributed by atoms with Crippen LogP contribution < -0.4 is 10.6 Å². The molecule has 0 aliphatic carbocycles. The lowest BCUT2D eigenvalue weighted by Gasteiger charge is -2.20. The first-order valence-corrected chi connectivity index (χ1v) is 6.80. The molecule has 0 unspecified atom stereocenters. The minimum absolute atomic E-state index is 0.0799. The molecule has 0 atom stereocenters. The fraction of sp³-hybridized carbons (Fsp3) is 0.188. The molecule has 0 spiro atoms. The summed E-state index contributed by atoms with van der Waals surface area (Å²) in [6.07, 6.45) is 0. The third kappa shape index (κ3) is 3.56. The predicted molar refractivity (Wildman–Crippen MR) is 86.8 cm³/mol. The average molecular weight is 286 g/mol. The van der Waals surface area contributed by atoms with Crippen LogP contribution in [-0.2, 0) is 13.2 Å². The van der Waals surface area contributed by atoms with Gasteiger partial charge in [-0.2, -0.15) is 0 Å². The van der Waals surface area contributed by atoms with Crippen LogP contribution in [0.15, 0.2) is 48.5 Å². The zero-order valence-corrected chi connectivity index (χ0v) is 12.2. The molecule has 3 N–H and O–H groups in total. The van der Waals surface area contributed by atoms with Crippen LogP contribution in [0.3, 0.4) is 0 Å². The number of hydrogen-bond donors (Lipinski definition) is 2. The highest BCUT2D eigenvalue weighted by atomic mass is 32.1. The predicted octanol–water partition coefficient (Wildman–Crippen LogP) is 2.45. The molecule has 4 heteroatoms. The van der Waals surface area contributed by atoms with E-state index in [4.69, 9.17) is 23.1 Å². The molecule has 2 aromatic rings. The van der Waals surface area contributed by atoms with Crippen molar-refractivity contribution in [2.24, 2.45) is 5.73 Å². The van der Waals surface area contributed by atoms with E-state index >= 15 is 0 Å². The molecule has 20 heavy (non-hydrogen) atoms. The lowest BCUT2D eigenvalue weighted by Crippen LogP contribution is -2.16. The van der Waals surface area contributed by atoms with E-state index in [1.165, 1.54) is 5.56 Å². The molecule has 2 aromatic carbocycles. The van der Waals surface area contributed by atoms with Gasteiger partial charge in [-0.15, -0.1) is 0 Å². The molecule has 0 bridgehead atoms. The van der Waals surface area contributed by atoms with Gasteiger partial charge in [0, 0.05) is 24.8 Å². The number of anilines is 1. The van der Waals surface area contributed by atoms with Gasteiger partial charge in [0.2, 0.25) is 0 Å². The molecule has 0 aromatic heterocycles. The maximum atomic E-state index is 9.03. The minimum atomic E-state index is 0.0799. The Hall–Kier alpha value is -1.91. The smallest absolute Gasteiger partial charge is 0.103 e. The summed E-state index contributed by atoms with van der Waals surface area (Å²) in [4.78, 5) is 2.57. The number of aliphatic hydroxyl groups is 1. The van der Waals surface area contributed by atoms with Crippen LogP contribution in [0.2, 0.25) is 0 Å². The van der Waals surface area contributed by atoms with Gasteiger partial charge in [-0.05, 0) is 35.4 Å². The zero-order chi connectivity index (χ0) is 14.5. The van der Waals surface area contributed by atoms with Gasteiger partial charge in [0.25, 0.3) is 0 Å². The molecule has 0 radical (unpaired) electrons. The summed E-state index contributed by atoms with van der Waals surface area (Å²) in [5, 5.41) is 9.03. The van der Waals surface area contributed by atoms with Crippen molar-refractivity contribution in [3.05, 3.63) is 65.2 Å². The van der Waals surface area contributed by atoms with Crippen LogP contribution in [0.4, 0.5) is 5.69 Å². The SMILES string of the molecule is CN(Cc1ccc(CO)cc1)c1ccc(C(N)=S)cc1. The maximum Gasteiger partial charge on any atom is 0.103 e. The fourth-order valence-corrected chi connectivity index (χ4v) is 2.13. The van der Waals surface area contributed by atoms with Crippen LogP contribution in [0.1, 0.15) is 16.7 Å². The highest BCUT2D eigenvalue weighted by Gasteiger charge is 2.03. The average Bonchev–Trinajstić information content (AvgIpc) is 2.48. The molecule has 2 rings (SSSR count). The van der Waals surface area contributed by atoms with E-state index in [0.717, 1.165) is 23.4 Å². The first kappa shape index (κ1) is 14.5. The number of nitrogens with zero attached hydrogens (tertiary/aromatic N) is 1. The van der Waals surface area contributed by atoms with Crippen molar-refractivity contribution in [1.29, 1.82) is 0 Å². The van der Waals surface area contributed by atoms with Gasteiger partial charge in [0.1, 0.15) is 4.99 Å². The van der Waals surface area contributed by atoms with E-state index in [-0.39, 0.29) is 6.61 Å². The highest BCUT2D eigenvalue weighted by molar-refractivity contribution is 7.80. The molecule has 0 saturated carbocycles. The van der Waals surface area contributed by atoms with Gasteiger partial charge < -0.3 is 15.7 Å². The summed E-state index contributed by atoms with van der Waals surface area (Å²) in [7, 11) is 2.04. The van der Waals surface area contributed by atoms with E-state index in [1.807, 2.05) is 55.6 Å². The lowest BCUT2D eigenvalue weighted by atomic mass is 10.1. The van der Waals surface area contributed by atoms with Crippen molar-refractivity contribution < 1.29 is 5.11 Å². The molecule has 0 amide bonds. The molecule has 0 heterocycles. The van der Waals surface area contributed by atoms with Crippen molar-refractivity contribution in [2.75, 3.05) is 11.9 Å². The summed E-state index contributed by atoms with van der Waals surface area (Å²) in [6, 6.07) is 15.8. The van der Waals surface area contributed by atoms with E-state index in [2.05, 4.69) is 4.90 Å². The van der Waals surface area contributed by atoms with Gasteiger partial charge in [0.05, 0.1) is 6.61 Å². The quantitative estimate of drug-likeness (QED) is 0.829. The number of benzene rings is 2. The van der Waals surface area contributed by atoms with E-state index in [9.17, 15) is 0 Å². The van der Waals surface area contributed by atoms with Crippen LogP contribution in [0, 0.1) is 0 Å². The molecule has 104 valence electrons. The number of thiocarbonyl (C=S) groups is 1. The minimum Gasteiger partial charge on any atom is -0.392 e.